The minimum absolute atomic E-state index is 0.0449. The van der Waals surface area contributed by atoms with E-state index in [0.29, 0.717) is 5.92 Å². The Morgan fingerprint density at radius 3 is 2.35 bits per heavy atom. The predicted molar refractivity (Wildman–Crippen MR) is 68.6 cm³/mol. The second kappa shape index (κ2) is 5.83. The van der Waals surface area contributed by atoms with Gasteiger partial charge in [-0.1, -0.05) is 20.8 Å². The van der Waals surface area contributed by atoms with Crippen LogP contribution in [-0.4, -0.2) is 31.2 Å². The summed E-state index contributed by atoms with van der Waals surface area (Å²) in [5, 5.41) is 3.04. The van der Waals surface area contributed by atoms with Gasteiger partial charge in [0.2, 0.25) is 5.91 Å². The molecule has 100 valence electrons. The number of nitrogens with two attached hydrogens (primary N) is 1. The van der Waals surface area contributed by atoms with E-state index in [0.717, 1.165) is 26.1 Å². The molecule has 1 saturated heterocycles. The fourth-order valence-electron chi connectivity index (χ4n) is 2.04. The largest absolute Gasteiger partial charge is 0.381 e. The minimum atomic E-state index is -0.454. The van der Waals surface area contributed by atoms with Gasteiger partial charge in [0.1, 0.15) is 0 Å². The zero-order valence-corrected chi connectivity index (χ0v) is 11.5. The molecule has 1 unspecified atom stereocenters. The van der Waals surface area contributed by atoms with Crippen LogP contribution in [-0.2, 0) is 9.53 Å². The summed E-state index contributed by atoms with van der Waals surface area (Å²) in [5.74, 6) is 0.469. The van der Waals surface area contributed by atoms with Crippen LogP contribution in [0.3, 0.4) is 0 Å². The van der Waals surface area contributed by atoms with Crippen LogP contribution in [0.25, 0.3) is 0 Å². The number of ether oxygens (including phenoxy) is 1. The molecule has 1 aliphatic heterocycles. The normalized spacial score (nSPS) is 21.9. The molecule has 0 aliphatic carbocycles. The Labute approximate surface area is 104 Å². The van der Waals surface area contributed by atoms with Gasteiger partial charge < -0.3 is 15.8 Å². The average molecular weight is 242 g/mol. The van der Waals surface area contributed by atoms with Gasteiger partial charge in [0, 0.05) is 19.3 Å². The van der Waals surface area contributed by atoms with Crippen molar-refractivity contribution in [2.45, 2.75) is 52.6 Å². The second-order valence-electron chi connectivity index (χ2n) is 6.09. The summed E-state index contributed by atoms with van der Waals surface area (Å²) in [4.78, 5) is 12.0. The number of hydrogen-bond acceptors (Lipinski definition) is 3. The SMILES string of the molecule is CC(NC(=O)[C@H](N)C(C)(C)C)C1CCOCC1. The van der Waals surface area contributed by atoms with Crippen molar-refractivity contribution in [1.82, 2.24) is 5.32 Å². The first-order chi connectivity index (χ1) is 7.82. The number of rotatable bonds is 3. The highest BCUT2D eigenvalue weighted by molar-refractivity contribution is 5.82. The number of carbonyl (C=O) groups is 1. The molecule has 4 nitrogen and oxygen atoms in total. The van der Waals surface area contributed by atoms with E-state index in [1.54, 1.807) is 0 Å². The van der Waals surface area contributed by atoms with Crippen molar-refractivity contribution in [3.63, 3.8) is 0 Å². The van der Waals surface area contributed by atoms with Gasteiger partial charge >= 0.3 is 0 Å². The summed E-state index contributed by atoms with van der Waals surface area (Å²) in [6.45, 7) is 9.61. The summed E-state index contributed by atoms with van der Waals surface area (Å²) < 4.78 is 5.32. The van der Waals surface area contributed by atoms with E-state index >= 15 is 0 Å². The summed E-state index contributed by atoms with van der Waals surface area (Å²) in [7, 11) is 0. The van der Waals surface area contributed by atoms with Crippen molar-refractivity contribution in [1.29, 1.82) is 0 Å². The van der Waals surface area contributed by atoms with Gasteiger partial charge in [-0.05, 0) is 31.1 Å². The molecule has 1 aliphatic rings. The quantitative estimate of drug-likeness (QED) is 0.784. The second-order valence-corrected chi connectivity index (χ2v) is 6.09. The van der Waals surface area contributed by atoms with E-state index < -0.39 is 6.04 Å². The Bertz CT molecular complexity index is 255. The molecule has 0 radical (unpaired) electrons. The Morgan fingerprint density at radius 2 is 1.88 bits per heavy atom. The first-order valence-electron chi connectivity index (χ1n) is 6.46. The van der Waals surface area contributed by atoms with E-state index in [1.807, 2.05) is 20.8 Å². The van der Waals surface area contributed by atoms with Gasteiger partial charge in [-0.25, -0.2) is 0 Å². The number of nitrogens with one attached hydrogen (secondary N) is 1. The molecule has 1 rings (SSSR count). The van der Waals surface area contributed by atoms with Gasteiger partial charge in [0.05, 0.1) is 6.04 Å². The van der Waals surface area contributed by atoms with E-state index in [1.165, 1.54) is 0 Å². The topological polar surface area (TPSA) is 64.4 Å². The first kappa shape index (κ1) is 14.5. The molecule has 0 aromatic heterocycles. The minimum Gasteiger partial charge on any atom is -0.381 e. The highest BCUT2D eigenvalue weighted by Gasteiger charge is 2.30. The zero-order valence-electron chi connectivity index (χ0n) is 11.5. The van der Waals surface area contributed by atoms with Crippen LogP contribution in [0.2, 0.25) is 0 Å². The molecule has 0 aromatic rings. The lowest BCUT2D eigenvalue weighted by Gasteiger charge is -2.31. The van der Waals surface area contributed by atoms with Gasteiger partial charge in [-0.3, -0.25) is 4.79 Å². The van der Waals surface area contributed by atoms with Crippen LogP contribution >= 0.6 is 0 Å². The zero-order chi connectivity index (χ0) is 13.1. The molecule has 1 heterocycles. The summed E-state index contributed by atoms with van der Waals surface area (Å²) in [6.07, 6.45) is 2.04. The Balaban J connectivity index is 2.44. The molecule has 0 spiro atoms. The standard InChI is InChI=1S/C13H26N2O2/c1-9(10-5-7-17-8-6-10)15-12(16)11(14)13(2,3)4/h9-11H,5-8,14H2,1-4H3,(H,15,16)/t9?,11-/m0/s1. The van der Waals surface area contributed by atoms with E-state index in [9.17, 15) is 4.79 Å². The average Bonchev–Trinajstić information content (AvgIpc) is 2.27. The molecule has 3 N–H and O–H groups in total. The fraction of sp³-hybridized carbons (Fsp3) is 0.923. The van der Waals surface area contributed by atoms with Crippen LogP contribution in [0.15, 0.2) is 0 Å². The molecule has 2 atom stereocenters. The van der Waals surface area contributed by atoms with Crippen LogP contribution in [0, 0.1) is 11.3 Å². The molecule has 0 bridgehead atoms. The lowest BCUT2D eigenvalue weighted by molar-refractivity contribution is -0.125. The molecular formula is C13H26N2O2. The number of hydrogen-bond donors (Lipinski definition) is 2. The molecule has 0 aromatic carbocycles. The first-order valence-corrected chi connectivity index (χ1v) is 6.46. The van der Waals surface area contributed by atoms with Crippen molar-refractivity contribution >= 4 is 5.91 Å². The lowest BCUT2D eigenvalue weighted by atomic mass is 9.86. The van der Waals surface area contributed by atoms with E-state index in [-0.39, 0.29) is 17.4 Å². The van der Waals surface area contributed by atoms with Crippen molar-refractivity contribution in [2.75, 3.05) is 13.2 Å². The van der Waals surface area contributed by atoms with Crippen LogP contribution in [0.1, 0.15) is 40.5 Å². The summed E-state index contributed by atoms with van der Waals surface area (Å²) in [5.41, 5.74) is 5.74. The highest BCUT2D eigenvalue weighted by atomic mass is 16.5. The third kappa shape index (κ3) is 4.28. The Morgan fingerprint density at radius 1 is 1.35 bits per heavy atom. The fourth-order valence-corrected chi connectivity index (χ4v) is 2.04. The summed E-state index contributed by atoms with van der Waals surface area (Å²) >= 11 is 0. The van der Waals surface area contributed by atoms with Crippen molar-refractivity contribution in [3.05, 3.63) is 0 Å². The van der Waals surface area contributed by atoms with E-state index in [4.69, 9.17) is 10.5 Å². The molecule has 1 amide bonds. The molecule has 17 heavy (non-hydrogen) atoms. The van der Waals surface area contributed by atoms with Crippen LogP contribution in [0.5, 0.6) is 0 Å². The summed E-state index contributed by atoms with van der Waals surface area (Å²) in [6, 6.07) is -0.274. The Hall–Kier alpha value is -0.610. The molecular weight excluding hydrogens is 216 g/mol. The van der Waals surface area contributed by atoms with E-state index in [2.05, 4.69) is 12.2 Å². The van der Waals surface area contributed by atoms with Gasteiger partial charge in [0.15, 0.2) is 0 Å². The van der Waals surface area contributed by atoms with Gasteiger partial charge in [0.25, 0.3) is 0 Å². The third-order valence-electron chi connectivity index (χ3n) is 3.56. The van der Waals surface area contributed by atoms with Crippen LogP contribution < -0.4 is 11.1 Å². The number of amides is 1. The van der Waals surface area contributed by atoms with Gasteiger partial charge in [-0.15, -0.1) is 0 Å². The van der Waals surface area contributed by atoms with Crippen LogP contribution in [0.4, 0.5) is 0 Å². The molecule has 4 heteroatoms. The Kier molecular flexibility index (Phi) is 4.95. The lowest BCUT2D eigenvalue weighted by Crippen LogP contribution is -2.52. The van der Waals surface area contributed by atoms with Gasteiger partial charge in [-0.2, -0.15) is 0 Å². The smallest absolute Gasteiger partial charge is 0.237 e. The van der Waals surface area contributed by atoms with Crippen molar-refractivity contribution in [3.8, 4) is 0 Å². The molecule has 1 fully saturated rings. The monoisotopic (exact) mass is 242 g/mol. The maximum atomic E-state index is 12.0. The number of carbonyl (C=O) groups excluding carboxylic acids is 1. The van der Waals surface area contributed by atoms with Crippen molar-refractivity contribution in [2.24, 2.45) is 17.1 Å². The highest BCUT2D eigenvalue weighted by Crippen LogP contribution is 2.20. The predicted octanol–water partition coefficient (Wildman–Crippen LogP) is 1.29. The third-order valence-corrected chi connectivity index (χ3v) is 3.56. The maximum absolute atomic E-state index is 12.0. The maximum Gasteiger partial charge on any atom is 0.237 e. The van der Waals surface area contributed by atoms with Crippen molar-refractivity contribution < 1.29 is 9.53 Å². The molecule has 0 saturated carbocycles.